The highest BCUT2D eigenvalue weighted by Crippen LogP contribution is 2.47. The van der Waals surface area contributed by atoms with Crippen molar-refractivity contribution in [3.8, 4) is 0 Å². The van der Waals surface area contributed by atoms with Crippen molar-refractivity contribution in [2.75, 3.05) is 13.2 Å². The first-order chi connectivity index (χ1) is 9.24. The molecule has 19 heavy (non-hydrogen) atoms. The van der Waals surface area contributed by atoms with Crippen LogP contribution in [0.1, 0.15) is 35.3 Å². The van der Waals surface area contributed by atoms with E-state index in [1.54, 1.807) is 11.3 Å². The molecule has 1 aliphatic carbocycles. The highest BCUT2D eigenvalue weighted by Gasteiger charge is 2.37. The van der Waals surface area contributed by atoms with Crippen molar-refractivity contribution < 1.29 is 14.6 Å². The van der Waals surface area contributed by atoms with Crippen LogP contribution < -0.4 is 0 Å². The van der Waals surface area contributed by atoms with Crippen LogP contribution in [0.4, 0.5) is 0 Å². The number of rotatable bonds is 4. The highest BCUT2D eigenvalue weighted by atomic mass is 16.5. The normalized spacial score (nSPS) is 21.6. The maximum absolute atomic E-state index is 11.7. The van der Waals surface area contributed by atoms with Gasteiger partial charge in [-0.05, 0) is 42.9 Å². The number of aromatic nitrogens is 2. The summed E-state index contributed by atoms with van der Waals surface area (Å²) in [6.45, 7) is 2.37. The van der Waals surface area contributed by atoms with Gasteiger partial charge in [0, 0.05) is 12.8 Å². The van der Waals surface area contributed by atoms with Gasteiger partial charge in [0.25, 0.3) is 0 Å². The van der Waals surface area contributed by atoms with E-state index < -0.39 is 0 Å². The first-order valence-electron chi connectivity index (χ1n) is 6.49. The molecule has 2 heterocycles. The third-order valence-corrected chi connectivity index (χ3v) is 3.61. The quantitative estimate of drug-likeness (QED) is 0.848. The Morgan fingerprint density at radius 3 is 3.16 bits per heavy atom. The lowest BCUT2D eigenvalue weighted by Gasteiger charge is -2.03. The molecule has 0 bridgehead atoms. The molecular weight excluding hydrogens is 244 g/mol. The third-order valence-electron chi connectivity index (χ3n) is 3.61. The molecule has 0 spiro atoms. The van der Waals surface area contributed by atoms with Crippen molar-refractivity contribution in [3.05, 3.63) is 35.8 Å². The van der Waals surface area contributed by atoms with Crippen LogP contribution in [0.25, 0.3) is 5.65 Å². The summed E-state index contributed by atoms with van der Waals surface area (Å²) in [6.07, 6.45) is 4.41. The number of nitrogens with zero attached hydrogens (tertiary/aromatic N) is 2. The molecule has 0 aromatic carbocycles. The number of carbonyl (C=O) groups excluding carboxylic acids is 1. The number of esters is 1. The van der Waals surface area contributed by atoms with Crippen molar-refractivity contribution in [2.45, 2.75) is 19.3 Å². The van der Waals surface area contributed by atoms with E-state index in [0.29, 0.717) is 24.1 Å². The molecule has 0 radical (unpaired) electrons. The molecule has 1 N–H and O–H groups in total. The number of pyridine rings is 1. The molecule has 2 aromatic rings. The van der Waals surface area contributed by atoms with Crippen LogP contribution in [0.2, 0.25) is 0 Å². The molecule has 2 atom stereocenters. The van der Waals surface area contributed by atoms with Crippen molar-refractivity contribution in [1.82, 2.24) is 9.38 Å². The Balaban J connectivity index is 1.92. The molecule has 100 valence electrons. The van der Waals surface area contributed by atoms with Gasteiger partial charge in [-0.15, -0.1) is 0 Å². The van der Waals surface area contributed by atoms with E-state index in [1.807, 2.05) is 18.3 Å². The Kier molecular flexibility index (Phi) is 2.98. The van der Waals surface area contributed by atoms with Crippen LogP contribution in [0.5, 0.6) is 0 Å². The molecule has 0 unspecified atom stereocenters. The Morgan fingerprint density at radius 2 is 2.47 bits per heavy atom. The summed E-state index contributed by atoms with van der Waals surface area (Å²) in [7, 11) is 0. The summed E-state index contributed by atoms with van der Waals surface area (Å²) < 4.78 is 6.72. The molecule has 0 saturated heterocycles. The van der Waals surface area contributed by atoms with Crippen molar-refractivity contribution in [2.24, 2.45) is 5.92 Å². The fourth-order valence-electron chi connectivity index (χ4n) is 2.44. The molecule has 2 aromatic heterocycles. The highest BCUT2D eigenvalue weighted by molar-refractivity contribution is 5.88. The van der Waals surface area contributed by atoms with Gasteiger partial charge in [-0.2, -0.15) is 0 Å². The molecule has 1 fully saturated rings. The van der Waals surface area contributed by atoms with E-state index in [4.69, 9.17) is 9.84 Å². The van der Waals surface area contributed by atoms with Crippen LogP contribution in [0.15, 0.2) is 24.5 Å². The predicted octanol–water partition coefficient (Wildman–Crippen LogP) is 1.61. The van der Waals surface area contributed by atoms with Crippen LogP contribution in [-0.2, 0) is 4.74 Å². The van der Waals surface area contributed by atoms with E-state index in [9.17, 15) is 4.79 Å². The number of aliphatic hydroxyl groups is 1. The summed E-state index contributed by atoms with van der Waals surface area (Å²) >= 11 is 0. The number of ether oxygens (including phenoxy) is 1. The zero-order valence-corrected chi connectivity index (χ0v) is 10.7. The minimum atomic E-state index is -0.359. The van der Waals surface area contributed by atoms with Gasteiger partial charge in [0.2, 0.25) is 0 Å². The monoisotopic (exact) mass is 260 g/mol. The third kappa shape index (κ3) is 2.10. The van der Waals surface area contributed by atoms with Crippen molar-refractivity contribution in [1.29, 1.82) is 0 Å². The van der Waals surface area contributed by atoms with Crippen LogP contribution in [0.3, 0.4) is 0 Å². The van der Waals surface area contributed by atoms with E-state index in [2.05, 4.69) is 4.98 Å². The molecule has 1 aliphatic rings. The molecule has 1 saturated carbocycles. The van der Waals surface area contributed by atoms with Crippen LogP contribution in [0, 0.1) is 5.92 Å². The Bertz CT molecular complexity index is 620. The minimum Gasteiger partial charge on any atom is -0.461 e. The topological polar surface area (TPSA) is 63.8 Å². The number of carbonyl (C=O) groups is 1. The Morgan fingerprint density at radius 1 is 1.63 bits per heavy atom. The van der Waals surface area contributed by atoms with Gasteiger partial charge in [-0.25, -0.2) is 9.78 Å². The van der Waals surface area contributed by atoms with Gasteiger partial charge in [-0.1, -0.05) is 0 Å². The van der Waals surface area contributed by atoms with Crippen LogP contribution in [-0.4, -0.2) is 33.7 Å². The summed E-state index contributed by atoms with van der Waals surface area (Å²) in [5.41, 5.74) is 2.36. The number of fused-ring (bicyclic) bond motifs is 1. The molecule has 5 heteroatoms. The predicted molar refractivity (Wildman–Crippen MR) is 69.1 cm³/mol. The van der Waals surface area contributed by atoms with E-state index in [-0.39, 0.29) is 12.6 Å². The number of imidazole rings is 1. The van der Waals surface area contributed by atoms with Gasteiger partial charge >= 0.3 is 5.97 Å². The average Bonchev–Trinajstić information content (AvgIpc) is 3.09. The van der Waals surface area contributed by atoms with Crippen molar-refractivity contribution >= 4 is 11.6 Å². The number of hydrogen-bond acceptors (Lipinski definition) is 4. The van der Waals surface area contributed by atoms with Crippen molar-refractivity contribution in [3.63, 3.8) is 0 Å². The molecular formula is C14H16N2O3. The zero-order chi connectivity index (χ0) is 13.4. The van der Waals surface area contributed by atoms with E-state index in [1.165, 1.54) is 11.8 Å². The Labute approximate surface area is 110 Å². The SMILES string of the molecule is CCOC(=O)c1cnc2cc([C@H]3C[C@@H]3CO)ccn12. The maximum Gasteiger partial charge on any atom is 0.356 e. The fraction of sp³-hybridized carbons (Fsp3) is 0.429. The lowest BCUT2D eigenvalue weighted by molar-refractivity contribution is 0.0518. The molecule has 0 aliphatic heterocycles. The summed E-state index contributed by atoms with van der Waals surface area (Å²) in [4.78, 5) is 16.0. The second kappa shape index (κ2) is 4.66. The van der Waals surface area contributed by atoms with Gasteiger partial charge in [0.1, 0.15) is 5.65 Å². The maximum atomic E-state index is 11.7. The van der Waals surface area contributed by atoms with Gasteiger partial charge in [0.05, 0.1) is 12.8 Å². The first-order valence-corrected chi connectivity index (χ1v) is 6.49. The lowest BCUT2D eigenvalue weighted by atomic mass is 10.1. The second-order valence-corrected chi connectivity index (χ2v) is 4.84. The van der Waals surface area contributed by atoms with Crippen LogP contribution >= 0.6 is 0 Å². The molecule has 3 rings (SSSR count). The molecule has 0 amide bonds. The smallest absolute Gasteiger partial charge is 0.356 e. The largest absolute Gasteiger partial charge is 0.461 e. The van der Waals surface area contributed by atoms with E-state index >= 15 is 0 Å². The lowest BCUT2D eigenvalue weighted by Crippen LogP contribution is -2.07. The number of hydrogen-bond donors (Lipinski definition) is 1. The van der Waals surface area contributed by atoms with E-state index in [0.717, 1.165) is 12.1 Å². The van der Waals surface area contributed by atoms with Gasteiger partial charge in [-0.3, -0.25) is 4.40 Å². The number of aliphatic hydroxyl groups excluding tert-OH is 1. The summed E-state index contributed by atoms with van der Waals surface area (Å²) in [5, 5.41) is 9.10. The molecule has 5 nitrogen and oxygen atoms in total. The fourth-order valence-corrected chi connectivity index (χ4v) is 2.44. The Hall–Kier alpha value is -1.88. The summed E-state index contributed by atoms with van der Waals surface area (Å²) in [6, 6.07) is 3.96. The minimum absolute atomic E-state index is 0.234. The summed E-state index contributed by atoms with van der Waals surface area (Å²) in [5.74, 6) is 0.446. The average molecular weight is 260 g/mol. The standard InChI is InChI=1S/C14H16N2O3/c1-2-19-14(18)12-7-15-13-6-9(3-4-16(12)13)11-5-10(11)8-17/h3-4,6-7,10-11,17H,2,5,8H2,1H3/t10-,11-/m1/s1. The second-order valence-electron chi connectivity index (χ2n) is 4.84. The first kappa shape index (κ1) is 12.2. The van der Waals surface area contributed by atoms with Gasteiger partial charge < -0.3 is 9.84 Å². The zero-order valence-electron chi connectivity index (χ0n) is 10.7. The van der Waals surface area contributed by atoms with Gasteiger partial charge in [0.15, 0.2) is 5.69 Å².